The smallest absolute Gasteiger partial charge is 0.266 e. The molecule has 1 N–H and O–H groups in total. The molecule has 0 aliphatic heterocycles. The van der Waals surface area contributed by atoms with Crippen molar-refractivity contribution in [2.45, 2.75) is 51.5 Å². The SMILES string of the molecule is COc1ccc2c(c1)c(Cc1cc(=O)n(C3CCCCC3)[nH]1)c(C)n2C(=O)c1ccc(Cl)c(Cl)c1. The molecule has 5 rings (SSSR count). The molecule has 35 heavy (non-hydrogen) atoms. The van der Waals surface area contributed by atoms with Crippen LogP contribution < -0.4 is 10.3 Å². The summed E-state index contributed by atoms with van der Waals surface area (Å²) in [6.07, 6.45) is 6.06. The molecule has 1 saturated carbocycles. The van der Waals surface area contributed by atoms with Gasteiger partial charge in [-0.15, -0.1) is 0 Å². The second kappa shape index (κ2) is 9.59. The molecule has 0 amide bonds. The van der Waals surface area contributed by atoms with Crippen LogP contribution in [-0.4, -0.2) is 27.4 Å². The van der Waals surface area contributed by atoms with Gasteiger partial charge in [-0.25, -0.2) is 4.68 Å². The first-order valence-electron chi connectivity index (χ1n) is 11.9. The average Bonchev–Trinajstić information content (AvgIpc) is 3.37. The van der Waals surface area contributed by atoms with Crippen LogP contribution in [0.25, 0.3) is 10.9 Å². The number of carbonyl (C=O) groups excluding carboxylic acids is 1. The fourth-order valence-corrected chi connectivity index (χ4v) is 5.48. The van der Waals surface area contributed by atoms with Gasteiger partial charge in [-0.3, -0.25) is 19.3 Å². The van der Waals surface area contributed by atoms with E-state index in [-0.39, 0.29) is 17.5 Å². The molecule has 8 heteroatoms. The first-order chi connectivity index (χ1) is 16.9. The fraction of sp³-hybridized carbons (Fsp3) is 0.333. The highest BCUT2D eigenvalue weighted by molar-refractivity contribution is 6.42. The third kappa shape index (κ3) is 4.41. The Bertz CT molecular complexity index is 1480. The highest BCUT2D eigenvalue weighted by atomic mass is 35.5. The minimum atomic E-state index is -0.198. The van der Waals surface area contributed by atoms with Crippen molar-refractivity contribution in [3.05, 3.63) is 85.4 Å². The van der Waals surface area contributed by atoms with Gasteiger partial charge in [0.25, 0.3) is 11.5 Å². The summed E-state index contributed by atoms with van der Waals surface area (Å²) >= 11 is 12.3. The van der Waals surface area contributed by atoms with E-state index in [1.165, 1.54) is 6.42 Å². The van der Waals surface area contributed by atoms with Gasteiger partial charge in [0.05, 0.1) is 28.7 Å². The number of carbonyl (C=O) groups is 1. The zero-order valence-electron chi connectivity index (χ0n) is 19.7. The predicted molar refractivity (Wildman–Crippen MR) is 139 cm³/mol. The summed E-state index contributed by atoms with van der Waals surface area (Å²) in [4.78, 5) is 26.4. The zero-order valence-corrected chi connectivity index (χ0v) is 21.2. The molecule has 0 radical (unpaired) electrons. The van der Waals surface area contributed by atoms with E-state index >= 15 is 0 Å². The normalized spacial score (nSPS) is 14.5. The summed E-state index contributed by atoms with van der Waals surface area (Å²) in [5, 5.41) is 4.98. The van der Waals surface area contributed by atoms with E-state index in [9.17, 15) is 9.59 Å². The molecule has 1 fully saturated rings. The van der Waals surface area contributed by atoms with Gasteiger partial charge >= 0.3 is 0 Å². The average molecular weight is 512 g/mol. The number of hydrogen-bond donors (Lipinski definition) is 1. The molecule has 0 atom stereocenters. The summed E-state index contributed by atoms with van der Waals surface area (Å²) in [5.41, 5.74) is 3.80. The highest BCUT2D eigenvalue weighted by Gasteiger charge is 2.23. The van der Waals surface area contributed by atoms with Crippen LogP contribution in [-0.2, 0) is 6.42 Å². The highest BCUT2D eigenvalue weighted by Crippen LogP contribution is 2.33. The van der Waals surface area contributed by atoms with E-state index in [2.05, 4.69) is 5.10 Å². The Morgan fingerprint density at radius 3 is 2.54 bits per heavy atom. The van der Waals surface area contributed by atoms with E-state index in [1.807, 2.05) is 25.1 Å². The van der Waals surface area contributed by atoms with E-state index in [0.717, 1.165) is 53.5 Å². The quantitative estimate of drug-likeness (QED) is 0.330. The second-order valence-corrected chi connectivity index (χ2v) is 9.99. The van der Waals surface area contributed by atoms with Crippen LogP contribution in [0.15, 0.2) is 47.3 Å². The molecule has 2 aromatic carbocycles. The van der Waals surface area contributed by atoms with Crippen molar-refractivity contribution in [3.8, 4) is 5.75 Å². The maximum absolute atomic E-state index is 13.6. The van der Waals surface area contributed by atoms with Gasteiger partial charge in [0.1, 0.15) is 5.75 Å². The molecule has 2 heterocycles. The van der Waals surface area contributed by atoms with E-state index < -0.39 is 0 Å². The molecule has 0 spiro atoms. The van der Waals surface area contributed by atoms with Crippen LogP contribution in [0, 0.1) is 6.92 Å². The van der Waals surface area contributed by atoms with Crippen molar-refractivity contribution in [2.75, 3.05) is 7.11 Å². The third-order valence-corrected chi connectivity index (χ3v) is 7.76. The number of benzene rings is 2. The largest absolute Gasteiger partial charge is 0.497 e. The van der Waals surface area contributed by atoms with Crippen molar-refractivity contribution in [1.29, 1.82) is 0 Å². The van der Waals surface area contributed by atoms with Crippen molar-refractivity contribution >= 4 is 40.0 Å². The van der Waals surface area contributed by atoms with Crippen molar-refractivity contribution < 1.29 is 9.53 Å². The lowest BCUT2D eigenvalue weighted by Gasteiger charge is -2.22. The molecular formula is C27H27Cl2N3O3. The first kappa shape index (κ1) is 23.8. The van der Waals surface area contributed by atoms with Gasteiger partial charge in [0.2, 0.25) is 0 Å². The summed E-state index contributed by atoms with van der Waals surface area (Å²) in [7, 11) is 1.62. The predicted octanol–water partition coefficient (Wildman–Crippen LogP) is 6.54. The number of fused-ring (bicyclic) bond motifs is 1. The zero-order chi connectivity index (χ0) is 24.7. The van der Waals surface area contributed by atoms with Crippen LogP contribution in [0.4, 0.5) is 0 Å². The van der Waals surface area contributed by atoms with Gasteiger partial charge in [-0.05, 0) is 61.7 Å². The van der Waals surface area contributed by atoms with Gasteiger partial charge in [-0.1, -0.05) is 42.5 Å². The molecule has 4 aromatic rings. The maximum Gasteiger partial charge on any atom is 0.266 e. The van der Waals surface area contributed by atoms with Crippen molar-refractivity contribution in [2.24, 2.45) is 0 Å². The molecule has 0 unspecified atom stereocenters. The van der Waals surface area contributed by atoms with Gasteiger partial charge < -0.3 is 4.74 Å². The van der Waals surface area contributed by atoms with Crippen molar-refractivity contribution in [3.63, 3.8) is 0 Å². The summed E-state index contributed by atoms with van der Waals surface area (Å²) in [6.45, 7) is 1.92. The third-order valence-electron chi connectivity index (χ3n) is 7.02. The van der Waals surface area contributed by atoms with Crippen LogP contribution in [0.5, 0.6) is 5.75 Å². The number of aromatic amines is 1. The molecule has 0 saturated heterocycles. The number of rotatable bonds is 5. The Balaban J connectivity index is 1.59. The molecule has 1 aliphatic rings. The van der Waals surface area contributed by atoms with Crippen molar-refractivity contribution in [1.82, 2.24) is 14.3 Å². The number of H-pyrrole nitrogens is 1. The monoisotopic (exact) mass is 511 g/mol. The number of aromatic nitrogens is 3. The van der Waals surface area contributed by atoms with Crippen LogP contribution >= 0.6 is 23.2 Å². The number of nitrogens with zero attached hydrogens (tertiary/aromatic N) is 2. The number of nitrogens with one attached hydrogen (secondary N) is 1. The van der Waals surface area contributed by atoms with Crippen LogP contribution in [0.2, 0.25) is 10.0 Å². The summed E-state index contributed by atoms with van der Waals surface area (Å²) in [5.74, 6) is 0.502. The van der Waals surface area contributed by atoms with Crippen LogP contribution in [0.3, 0.4) is 0 Å². The number of hydrogen-bond acceptors (Lipinski definition) is 3. The lowest BCUT2D eigenvalue weighted by atomic mass is 9.96. The first-order valence-corrected chi connectivity index (χ1v) is 12.6. The maximum atomic E-state index is 13.6. The Labute approximate surface area is 213 Å². The topological polar surface area (TPSA) is 69.0 Å². The second-order valence-electron chi connectivity index (χ2n) is 9.17. The minimum absolute atomic E-state index is 0.00208. The summed E-state index contributed by atoms with van der Waals surface area (Å²) < 4.78 is 8.94. The number of halogens is 2. The molecule has 1 aliphatic carbocycles. The van der Waals surface area contributed by atoms with Gasteiger partial charge in [0.15, 0.2) is 0 Å². The Morgan fingerprint density at radius 1 is 1.06 bits per heavy atom. The van der Waals surface area contributed by atoms with Gasteiger partial charge in [-0.2, -0.15) is 0 Å². The molecule has 6 nitrogen and oxygen atoms in total. The van der Waals surface area contributed by atoms with E-state index in [1.54, 1.807) is 40.6 Å². The van der Waals surface area contributed by atoms with E-state index in [4.69, 9.17) is 27.9 Å². The molecule has 2 aromatic heterocycles. The van der Waals surface area contributed by atoms with Gasteiger partial charge in [0, 0.05) is 34.8 Å². The molecular weight excluding hydrogens is 485 g/mol. The van der Waals surface area contributed by atoms with Crippen LogP contribution in [0.1, 0.15) is 65.5 Å². The lowest BCUT2D eigenvalue weighted by Crippen LogP contribution is -2.23. The fourth-order valence-electron chi connectivity index (χ4n) is 5.18. The molecule has 0 bridgehead atoms. The molecule has 182 valence electrons. The minimum Gasteiger partial charge on any atom is -0.497 e. The number of methoxy groups -OCH3 is 1. The Kier molecular flexibility index (Phi) is 6.51. The lowest BCUT2D eigenvalue weighted by molar-refractivity contribution is 0.0963. The Morgan fingerprint density at radius 2 is 1.83 bits per heavy atom. The van der Waals surface area contributed by atoms with E-state index in [0.29, 0.717) is 27.8 Å². The Hall–Kier alpha value is -2.96. The number of ether oxygens (including phenoxy) is 1. The summed E-state index contributed by atoms with van der Waals surface area (Å²) in [6, 6.07) is 12.5. The standard InChI is InChI=1S/C27H27Cl2N3O3/c1-16-21(13-18-14-26(33)32(30-18)19-6-4-3-5-7-19)22-15-20(35-2)9-11-25(22)31(16)27(34)17-8-10-23(28)24(29)12-17/h8-12,14-15,19,30H,3-7,13H2,1-2H3.